The summed E-state index contributed by atoms with van der Waals surface area (Å²) in [5.74, 6) is 0.959. The van der Waals surface area contributed by atoms with E-state index in [0.29, 0.717) is 25.5 Å². The van der Waals surface area contributed by atoms with Crippen molar-refractivity contribution in [1.29, 1.82) is 0 Å². The van der Waals surface area contributed by atoms with Crippen LogP contribution in [0.3, 0.4) is 0 Å². The number of nitrogens with zero attached hydrogens (tertiary/aromatic N) is 1. The van der Waals surface area contributed by atoms with Crippen molar-refractivity contribution in [1.82, 2.24) is 10.6 Å². The molecule has 154 valence electrons. The van der Waals surface area contributed by atoms with Gasteiger partial charge in [0.25, 0.3) is 0 Å². The van der Waals surface area contributed by atoms with Crippen LogP contribution in [0, 0.1) is 6.92 Å². The minimum absolute atomic E-state index is 0. The van der Waals surface area contributed by atoms with E-state index in [4.69, 9.17) is 0 Å². The van der Waals surface area contributed by atoms with Crippen LogP contribution in [-0.4, -0.2) is 33.2 Å². The van der Waals surface area contributed by atoms with E-state index < -0.39 is 9.84 Å². The molecule has 0 aromatic heterocycles. The first-order chi connectivity index (χ1) is 13.0. The van der Waals surface area contributed by atoms with Crippen LogP contribution in [0.2, 0.25) is 0 Å². The molecule has 2 aromatic carbocycles. The molecule has 0 fully saturated rings. The molecule has 2 rings (SSSR count). The molecule has 0 aliphatic rings. The first-order valence-corrected chi connectivity index (χ1v) is 11.1. The standard InChI is InChI=1S/C21H29N3O2S.HI/c1-3-22-21(24-16-19-12-10-18(2)11-13-19)23-14-7-15-27(25,26)17-20-8-5-4-6-9-20;/h4-6,8-13H,3,7,14-17H2,1-2H3,(H2,22,23,24);1H. The van der Waals surface area contributed by atoms with Gasteiger partial charge in [-0.2, -0.15) is 0 Å². The fourth-order valence-corrected chi connectivity index (χ4v) is 4.03. The van der Waals surface area contributed by atoms with Gasteiger partial charge in [-0.05, 0) is 31.4 Å². The summed E-state index contributed by atoms with van der Waals surface area (Å²) in [7, 11) is -3.10. The fraction of sp³-hybridized carbons (Fsp3) is 0.381. The molecule has 28 heavy (non-hydrogen) atoms. The van der Waals surface area contributed by atoms with Gasteiger partial charge in [-0.3, -0.25) is 0 Å². The quantitative estimate of drug-likeness (QED) is 0.232. The number of rotatable bonds is 9. The minimum Gasteiger partial charge on any atom is -0.357 e. The Hall–Kier alpha value is -1.61. The first kappa shape index (κ1) is 24.4. The van der Waals surface area contributed by atoms with E-state index in [-0.39, 0.29) is 35.5 Å². The molecular weight excluding hydrogens is 485 g/mol. The van der Waals surface area contributed by atoms with E-state index >= 15 is 0 Å². The largest absolute Gasteiger partial charge is 0.357 e. The third-order valence-electron chi connectivity index (χ3n) is 4.04. The number of nitrogens with one attached hydrogen (secondary N) is 2. The van der Waals surface area contributed by atoms with Crippen LogP contribution in [0.5, 0.6) is 0 Å². The molecule has 7 heteroatoms. The third-order valence-corrected chi connectivity index (χ3v) is 5.72. The van der Waals surface area contributed by atoms with Crippen LogP contribution < -0.4 is 10.6 Å². The van der Waals surface area contributed by atoms with Crippen molar-refractivity contribution < 1.29 is 8.42 Å². The summed E-state index contributed by atoms with van der Waals surface area (Å²) >= 11 is 0. The zero-order chi connectivity index (χ0) is 19.5. The summed E-state index contributed by atoms with van der Waals surface area (Å²) in [5.41, 5.74) is 3.20. The van der Waals surface area contributed by atoms with Crippen LogP contribution in [0.1, 0.15) is 30.0 Å². The van der Waals surface area contributed by atoms with Gasteiger partial charge in [-0.1, -0.05) is 60.2 Å². The summed E-state index contributed by atoms with van der Waals surface area (Å²) in [6.07, 6.45) is 0.546. The average molecular weight is 515 g/mol. The topological polar surface area (TPSA) is 70.6 Å². The number of halogens is 1. The average Bonchev–Trinajstić information content (AvgIpc) is 2.65. The van der Waals surface area contributed by atoms with Crippen molar-refractivity contribution in [3.8, 4) is 0 Å². The molecule has 0 atom stereocenters. The van der Waals surface area contributed by atoms with Gasteiger partial charge in [0.2, 0.25) is 0 Å². The Bertz CT molecular complexity index is 822. The van der Waals surface area contributed by atoms with E-state index in [2.05, 4.69) is 46.8 Å². The first-order valence-electron chi connectivity index (χ1n) is 9.30. The Balaban J connectivity index is 0.00000392. The molecule has 0 saturated carbocycles. The molecule has 0 amide bonds. The smallest absolute Gasteiger partial charge is 0.191 e. The second-order valence-electron chi connectivity index (χ2n) is 6.54. The van der Waals surface area contributed by atoms with Crippen LogP contribution in [0.4, 0.5) is 0 Å². The van der Waals surface area contributed by atoms with Gasteiger partial charge < -0.3 is 10.6 Å². The van der Waals surface area contributed by atoms with E-state index in [9.17, 15) is 8.42 Å². The molecule has 0 saturated heterocycles. The number of aryl methyl sites for hydroxylation is 1. The molecule has 0 aliphatic heterocycles. The van der Waals surface area contributed by atoms with Crippen molar-refractivity contribution in [2.75, 3.05) is 18.8 Å². The summed E-state index contributed by atoms with van der Waals surface area (Å²) in [6, 6.07) is 17.6. The Morgan fingerprint density at radius 1 is 0.964 bits per heavy atom. The molecule has 5 nitrogen and oxygen atoms in total. The van der Waals surface area contributed by atoms with Gasteiger partial charge in [-0.15, -0.1) is 24.0 Å². The van der Waals surface area contributed by atoms with E-state index in [1.807, 2.05) is 37.3 Å². The monoisotopic (exact) mass is 515 g/mol. The fourth-order valence-electron chi connectivity index (χ4n) is 2.60. The lowest BCUT2D eigenvalue weighted by atomic mass is 10.1. The number of hydrogen-bond donors (Lipinski definition) is 2. The predicted molar refractivity (Wildman–Crippen MR) is 128 cm³/mol. The number of sulfone groups is 1. The maximum absolute atomic E-state index is 12.2. The summed E-state index contributed by atoms with van der Waals surface area (Å²) in [4.78, 5) is 4.56. The highest BCUT2D eigenvalue weighted by Gasteiger charge is 2.11. The number of guanidine groups is 1. The lowest BCUT2D eigenvalue weighted by Gasteiger charge is -2.11. The maximum Gasteiger partial charge on any atom is 0.191 e. The van der Waals surface area contributed by atoms with Gasteiger partial charge in [0, 0.05) is 13.1 Å². The van der Waals surface area contributed by atoms with Gasteiger partial charge in [0.05, 0.1) is 18.1 Å². The van der Waals surface area contributed by atoms with Crippen LogP contribution in [0.15, 0.2) is 59.6 Å². The van der Waals surface area contributed by atoms with Crippen LogP contribution in [0.25, 0.3) is 0 Å². The maximum atomic E-state index is 12.2. The van der Waals surface area contributed by atoms with Gasteiger partial charge in [0.1, 0.15) is 0 Å². The van der Waals surface area contributed by atoms with Gasteiger partial charge in [-0.25, -0.2) is 13.4 Å². The van der Waals surface area contributed by atoms with Crippen LogP contribution >= 0.6 is 24.0 Å². The summed E-state index contributed by atoms with van der Waals surface area (Å²) in [5, 5.41) is 6.40. The Morgan fingerprint density at radius 2 is 1.64 bits per heavy atom. The number of hydrogen-bond acceptors (Lipinski definition) is 3. The van der Waals surface area contributed by atoms with E-state index in [1.54, 1.807) is 0 Å². The summed E-state index contributed by atoms with van der Waals surface area (Å²) < 4.78 is 24.5. The van der Waals surface area contributed by atoms with Crippen molar-refractivity contribution in [3.63, 3.8) is 0 Å². The third kappa shape index (κ3) is 9.54. The second kappa shape index (κ2) is 12.8. The van der Waals surface area contributed by atoms with Crippen molar-refractivity contribution in [2.24, 2.45) is 4.99 Å². The highest BCUT2D eigenvalue weighted by molar-refractivity contribution is 14.0. The molecule has 2 aromatic rings. The molecule has 0 heterocycles. The molecule has 0 radical (unpaired) electrons. The molecule has 0 bridgehead atoms. The lowest BCUT2D eigenvalue weighted by Crippen LogP contribution is -2.38. The van der Waals surface area contributed by atoms with Gasteiger partial charge >= 0.3 is 0 Å². The Labute approximate surface area is 186 Å². The molecule has 0 aliphatic carbocycles. The van der Waals surface area contributed by atoms with Gasteiger partial charge in [0.15, 0.2) is 15.8 Å². The Kier molecular flexibility index (Phi) is 11.1. The molecular formula is C21H30IN3O2S. The SMILES string of the molecule is CCNC(=NCc1ccc(C)cc1)NCCCS(=O)(=O)Cc1ccccc1.I. The normalized spacial score (nSPS) is 11.6. The van der Waals surface area contributed by atoms with Crippen molar-refractivity contribution in [3.05, 3.63) is 71.3 Å². The molecule has 2 N–H and O–H groups in total. The van der Waals surface area contributed by atoms with Crippen molar-refractivity contribution >= 4 is 39.8 Å². The van der Waals surface area contributed by atoms with E-state index in [1.165, 1.54) is 5.56 Å². The van der Waals surface area contributed by atoms with Crippen molar-refractivity contribution in [2.45, 2.75) is 32.6 Å². The summed E-state index contributed by atoms with van der Waals surface area (Å²) in [6.45, 7) is 5.97. The Morgan fingerprint density at radius 3 is 2.29 bits per heavy atom. The number of benzene rings is 2. The van der Waals surface area contributed by atoms with Crippen LogP contribution in [-0.2, 0) is 22.1 Å². The highest BCUT2D eigenvalue weighted by atomic mass is 127. The number of aliphatic imine (C=N–C) groups is 1. The highest BCUT2D eigenvalue weighted by Crippen LogP contribution is 2.07. The zero-order valence-corrected chi connectivity index (χ0v) is 19.7. The molecule has 0 spiro atoms. The van der Waals surface area contributed by atoms with E-state index in [0.717, 1.165) is 17.7 Å². The predicted octanol–water partition coefficient (Wildman–Crippen LogP) is 3.67. The lowest BCUT2D eigenvalue weighted by molar-refractivity contribution is 0.591. The zero-order valence-electron chi connectivity index (χ0n) is 16.5. The minimum atomic E-state index is -3.10. The molecule has 0 unspecified atom stereocenters. The second-order valence-corrected chi connectivity index (χ2v) is 8.72.